The monoisotopic (exact) mass is 165 g/mol. The summed E-state index contributed by atoms with van der Waals surface area (Å²) in [4.78, 5) is 21.6. The van der Waals surface area contributed by atoms with E-state index >= 15 is 0 Å². The maximum Gasteiger partial charge on any atom is 1.00 e. The van der Waals surface area contributed by atoms with Crippen LogP contribution in [0.5, 0.6) is 0 Å². The van der Waals surface area contributed by atoms with Crippen molar-refractivity contribution in [2.45, 2.75) is 0 Å². The van der Waals surface area contributed by atoms with Gasteiger partial charge in [-0.3, -0.25) is 0 Å². The van der Waals surface area contributed by atoms with Crippen LogP contribution in [0, 0.1) is 10.8 Å². The van der Waals surface area contributed by atoms with Gasteiger partial charge in [0.25, 0.3) is 0 Å². The fourth-order valence-corrected chi connectivity index (χ4v) is 0. The zero-order valence-electron chi connectivity index (χ0n) is 4.09. The van der Waals surface area contributed by atoms with E-state index in [0.717, 1.165) is 0 Å². The summed E-state index contributed by atoms with van der Waals surface area (Å²) in [5.74, 6) is 0. The Morgan fingerprint density at radius 3 is 1.12 bits per heavy atom. The molecule has 0 saturated heterocycles. The molecule has 0 aromatic carbocycles. The van der Waals surface area contributed by atoms with Crippen LogP contribution < -0.4 is 51.4 Å². The molecule has 8 heteroatoms. The van der Waals surface area contributed by atoms with Gasteiger partial charge in [-0.25, -0.2) is 4.57 Å². The van der Waals surface area contributed by atoms with E-state index in [0.29, 0.717) is 0 Å². The number of phosphoric acid groups is 1. The van der Waals surface area contributed by atoms with Crippen LogP contribution in [0.4, 0.5) is 0 Å². The first kappa shape index (κ1) is 16.1. The fraction of sp³-hybridized carbons (Fsp3) is 0. The molecule has 0 aromatic rings. The van der Waals surface area contributed by atoms with Crippen LogP contribution in [0.15, 0.2) is 0 Å². The number of hydrogen-bond donors (Lipinski definition) is 3. The Hall–Kier alpha value is 1.17. The first-order chi connectivity index (χ1) is 3.00. The Bertz CT molecular complexity index is 85.2. The van der Waals surface area contributed by atoms with Crippen molar-refractivity contribution in [1.82, 2.24) is 0 Å². The maximum absolute atomic E-state index is 8.88. The second-order valence-electron chi connectivity index (χ2n) is 0.513. The van der Waals surface area contributed by atoms with Gasteiger partial charge in [-0.15, -0.1) is 0 Å². The molecular weight excluding hydrogens is 162 g/mol. The van der Waals surface area contributed by atoms with Crippen molar-refractivity contribution in [2.24, 2.45) is 0 Å². The molecule has 0 radical (unpaired) electrons. The van der Waals surface area contributed by atoms with E-state index in [9.17, 15) is 0 Å². The number of hydrogen-bond acceptors (Lipinski definition) is 3. The van der Waals surface area contributed by atoms with Gasteiger partial charge in [-0.1, -0.05) is 0 Å². The smallest absolute Gasteiger partial charge is 0.303 e. The topological polar surface area (TPSA) is 125 Å². The Kier molecular flexibility index (Phi) is 16.4. The summed E-state index contributed by atoms with van der Waals surface area (Å²) in [6, 6.07) is 0. The van der Waals surface area contributed by atoms with Crippen molar-refractivity contribution in [2.75, 3.05) is 0 Å². The molecule has 0 aliphatic rings. The molecule has 0 aliphatic carbocycles. The molecule has 0 aliphatic heterocycles. The Morgan fingerprint density at radius 1 is 1.12 bits per heavy atom. The van der Waals surface area contributed by atoms with Gasteiger partial charge in [0.05, 0.1) is 0 Å². The molecule has 0 atom stereocenters. The molecule has 0 rings (SSSR count). The van der Waals surface area contributed by atoms with E-state index in [1.165, 1.54) is 0 Å². The number of rotatable bonds is 0. The molecule has 3 N–H and O–H groups in total. The fourth-order valence-electron chi connectivity index (χ4n) is 0. The van der Waals surface area contributed by atoms with Crippen LogP contribution >= 0.6 is 7.82 Å². The summed E-state index contributed by atoms with van der Waals surface area (Å²) in [6.45, 7) is 0. The van der Waals surface area contributed by atoms with Crippen molar-refractivity contribution in [3.05, 3.63) is 0 Å². The zero-order chi connectivity index (χ0) is 6.50. The summed E-state index contributed by atoms with van der Waals surface area (Å²) in [6.07, 6.45) is 0. The Labute approximate surface area is 88.0 Å². The summed E-state index contributed by atoms with van der Waals surface area (Å²) in [7, 11) is -4.64. The summed E-state index contributed by atoms with van der Waals surface area (Å²) in [5, 5.41) is 12.0. The van der Waals surface area contributed by atoms with Crippen LogP contribution in [0.2, 0.25) is 0 Å². The normalized spacial score (nSPS) is 7.62. The molecule has 42 valence electrons. The average molecular weight is 165 g/mol. The second-order valence-corrected chi connectivity index (χ2v) is 1.54. The summed E-state index contributed by atoms with van der Waals surface area (Å²) < 4.78 is 8.88. The largest absolute Gasteiger partial charge is 1.00 e. The molecule has 6 nitrogen and oxygen atoms in total. The van der Waals surface area contributed by atoms with E-state index < -0.39 is 7.82 Å². The van der Waals surface area contributed by atoms with Gasteiger partial charge >= 0.3 is 59.2 Å². The SMILES string of the molecule is N#N.O=P(O)(O)O.[K+]. The van der Waals surface area contributed by atoms with Gasteiger partial charge in [0.1, 0.15) is 0 Å². The molecule has 0 saturated carbocycles. The first-order valence-electron chi connectivity index (χ1n) is 0.983. The standard InChI is InChI=1S/K.N2.H3O4P/c;1-2;1-5(2,3)4/h;;(H3,1,2,3,4)/q+1;;. The minimum absolute atomic E-state index is 0. The molecule has 0 aromatic heterocycles. The molecular formula is H3KN2O4P+. The number of nitrogens with zero attached hydrogens (tertiary/aromatic N) is 2. The van der Waals surface area contributed by atoms with Gasteiger partial charge in [0, 0.05) is 10.8 Å². The molecule has 0 fully saturated rings. The van der Waals surface area contributed by atoms with E-state index in [1.54, 1.807) is 0 Å². The van der Waals surface area contributed by atoms with Crippen LogP contribution in [0.1, 0.15) is 0 Å². The van der Waals surface area contributed by atoms with Crippen molar-refractivity contribution in [3.8, 4) is 0 Å². The van der Waals surface area contributed by atoms with E-state index in [1.807, 2.05) is 0 Å². The van der Waals surface area contributed by atoms with Crippen molar-refractivity contribution >= 4 is 7.82 Å². The first-order valence-corrected chi connectivity index (χ1v) is 2.55. The minimum Gasteiger partial charge on any atom is -0.303 e. The van der Waals surface area contributed by atoms with Gasteiger partial charge in [-0.05, 0) is 0 Å². The second kappa shape index (κ2) is 8.17. The molecule has 0 amide bonds. The summed E-state index contributed by atoms with van der Waals surface area (Å²) >= 11 is 0. The third kappa shape index (κ3) is 200. The summed E-state index contributed by atoms with van der Waals surface area (Å²) in [5.41, 5.74) is 0. The average Bonchev–Trinajstić information content (AvgIpc) is 1.36. The predicted molar refractivity (Wildman–Crippen MR) is 17.7 cm³/mol. The minimum atomic E-state index is -4.64. The molecule has 0 spiro atoms. The molecule has 8 heavy (non-hydrogen) atoms. The molecule has 0 bridgehead atoms. The van der Waals surface area contributed by atoms with Crippen LogP contribution in [-0.2, 0) is 4.57 Å². The predicted octanol–water partition coefficient (Wildman–Crippen LogP) is -3.89. The van der Waals surface area contributed by atoms with Gasteiger partial charge < -0.3 is 14.7 Å². The van der Waals surface area contributed by atoms with E-state index in [4.69, 9.17) is 30.0 Å². The molecule has 0 heterocycles. The zero-order valence-corrected chi connectivity index (χ0v) is 8.11. The van der Waals surface area contributed by atoms with Crippen molar-refractivity contribution in [3.63, 3.8) is 0 Å². The van der Waals surface area contributed by atoms with Crippen LogP contribution in [-0.4, -0.2) is 14.7 Å². The van der Waals surface area contributed by atoms with E-state index in [-0.39, 0.29) is 51.4 Å². The Balaban J connectivity index is -0.0000000750. The van der Waals surface area contributed by atoms with Gasteiger partial charge in [0.15, 0.2) is 0 Å². The van der Waals surface area contributed by atoms with Crippen LogP contribution in [0.3, 0.4) is 0 Å². The van der Waals surface area contributed by atoms with Crippen LogP contribution in [0.25, 0.3) is 0 Å². The van der Waals surface area contributed by atoms with E-state index in [2.05, 4.69) is 0 Å². The van der Waals surface area contributed by atoms with Gasteiger partial charge in [0.2, 0.25) is 0 Å². The Morgan fingerprint density at radius 2 is 1.12 bits per heavy atom. The molecule has 0 unspecified atom stereocenters. The third-order valence-corrected chi connectivity index (χ3v) is 0. The third-order valence-electron chi connectivity index (χ3n) is 0. The van der Waals surface area contributed by atoms with Gasteiger partial charge in [-0.2, -0.15) is 0 Å². The van der Waals surface area contributed by atoms with Crippen molar-refractivity contribution in [1.29, 1.82) is 10.8 Å². The maximum atomic E-state index is 8.88. The quantitative estimate of drug-likeness (QED) is 0.191. The van der Waals surface area contributed by atoms with Crippen molar-refractivity contribution < 1.29 is 70.6 Å².